The van der Waals surface area contributed by atoms with Gasteiger partial charge in [-0.05, 0) is 24.6 Å². The van der Waals surface area contributed by atoms with Gasteiger partial charge in [0.25, 0.3) is 0 Å². The van der Waals surface area contributed by atoms with Crippen molar-refractivity contribution in [1.82, 2.24) is 0 Å². The molecule has 0 N–H and O–H groups in total. The second kappa shape index (κ2) is 5.10. The highest BCUT2D eigenvalue weighted by molar-refractivity contribution is 8.00. The summed E-state index contributed by atoms with van der Waals surface area (Å²) >= 11 is 1.69. The van der Waals surface area contributed by atoms with Gasteiger partial charge in [0.05, 0.1) is 5.75 Å². The Labute approximate surface area is 117 Å². The van der Waals surface area contributed by atoms with Gasteiger partial charge in [0, 0.05) is 5.69 Å². The summed E-state index contributed by atoms with van der Waals surface area (Å²) in [5.41, 5.74) is 3.40. The zero-order chi connectivity index (χ0) is 13.2. The minimum Gasteiger partial charge on any atom is -0.295 e. The summed E-state index contributed by atoms with van der Waals surface area (Å²) in [6.45, 7) is 2.08. The standard InChI is InChI=1S/C16H15NOS/c1-12-6-5-7-13(10-12)16-17(15(18)11-19-16)14-8-3-2-4-9-14/h2-10,16H,11H2,1H3. The fraction of sp³-hybridized carbons (Fsp3) is 0.188. The van der Waals surface area contributed by atoms with Crippen molar-refractivity contribution >= 4 is 23.4 Å². The van der Waals surface area contributed by atoms with E-state index < -0.39 is 0 Å². The molecule has 1 atom stereocenters. The molecule has 0 saturated carbocycles. The Morgan fingerprint density at radius 2 is 1.89 bits per heavy atom. The molecule has 0 aliphatic carbocycles. The number of carbonyl (C=O) groups is 1. The lowest BCUT2D eigenvalue weighted by Gasteiger charge is -2.24. The summed E-state index contributed by atoms with van der Waals surface area (Å²) in [6, 6.07) is 18.3. The minimum atomic E-state index is 0.0924. The third-order valence-electron chi connectivity index (χ3n) is 3.23. The minimum absolute atomic E-state index is 0.0924. The van der Waals surface area contributed by atoms with Gasteiger partial charge >= 0.3 is 0 Å². The lowest BCUT2D eigenvalue weighted by molar-refractivity contribution is -0.115. The van der Waals surface area contributed by atoms with Crippen LogP contribution in [0.5, 0.6) is 0 Å². The van der Waals surface area contributed by atoms with E-state index in [9.17, 15) is 4.79 Å². The summed E-state index contributed by atoms with van der Waals surface area (Å²) in [4.78, 5) is 14.1. The number of aryl methyl sites for hydroxylation is 1. The number of para-hydroxylation sites is 1. The number of rotatable bonds is 2. The number of anilines is 1. The zero-order valence-electron chi connectivity index (χ0n) is 10.7. The Morgan fingerprint density at radius 1 is 1.11 bits per heavy atom. The maximum Gasteiger partial charge on any atom is 0.238 e. The SMILES string of the molecule is Cc1cccc(C2SCC(=O)N2c2ccccc2)c1. The molecule has 3 heteroatoms. The number of nitrogens with zero attached hydrogens (tertiary/aromatic N) is 1. The van der Waals surface area contributed by atoms with Crippen LogP contribution in [0.4, 0.5) is 5.69 Å². The van der Waals surface area contributed by atoms with E-state index in [0.717, 1.165) is 5.69 Å². The van der Waals surface area contributed by atoms with E-state index in [-0.39, 0.29) is 11.3 Å². The highest BCUT2D eigenvalue weighted by Gasteiger charge is 2.33. The molecule has 1 aliphatic rings. The molecule has 96 valence electrons. The summed E-state index contributed by atoms with van der Waals surface area (Å²) < 4.78 is 0. The molecule has 0 aromatic heterocycles. The van der Waals surface area contributed by atoms with Crippen molar-refractivity contribution in [2.45, 2.75) is 12.3 Å². The maximum atomic E-state index is 12.1. The fourth-order valence-electron chi connectivity index (χ4n) is 2.36. The van der Waals surface area contributed by atoms with Crippen molar-refractivity contribution in [3.8, 4) is 0 Å². The highest BCUT2D eigenvalue weighted by atomic mass is 32.2. The van der Waals surface area contributed by atoms with E-state index in [0.29, 0.717) is 5.75 Å². The monoisotopic (exact) mass is 269 g/mol. The molecule has 1 saturated heterocycles. The van der Waals surface area contributed by atoms with Crippen molar-refractivity contribution in [3.63, 3.8) is 0 Å². The van der Waals surface area contributed by atoms with Crippen molar-refractivity contribution in [2.75, 3.05) is 10.7 Å². The third-order valence-corrected chi connectivity index (χ3v) is 4.44. The molecular weight excluding hydrogens is 254 g/mol. The molecule has 0 bridgehead atoms. The smallest absolute Gasteiger partial charge is 0.238 e. The second-order valence-corrected chi connectivity index (χ2v) is 5.75. The Balaban J connectivity index is 1.99. The molecule has 2 aromatic carbocycles. The average Bonchev–Trinajstić information content (AvgIpc) is 2.82. The Hall–Kier alpha value is -1.74. The normalized spacial score (nSPS) is 18.9. The van der Waals surface area contributed by atoms with Crippen molar-refractivity contribution < 1.29 is 4.79 Å². The van der Waals surface area contributed by atoms with Gasteiger partial charge in [0.1, 0.15) is 5.37 Å². The quantitative estimate of drug-likeness (QED) is 0.827. The van der Waals surface area contributed by atoms with Gasteiger partial charge in [-0.25, -0.2) is 0 Å². The average molecular weight is 269 g/mol. The van der Waals surface area contributed by atoms with Crippen molar-refractivity contribution in [2.24, 2.45) is 0 Å². The van der Waals surface area contributed by atoms with Crippen LogP contribution in [0, 0.1) is 6.92 Å². The second-order valence-electron chi connectivity index (χ2n) is 4.68. The summed E-state index contributed by atoms with van der Waals surface area (Å²) in [7, 11) is 0. The van der Waals surface area contributed by atoms with Crippen LogP contribution in [0.25, 0.3) is 0 Å². The Bertz CT molecular complexity index is 597. The van der Waals surface area contributed by atoms with Crippen molar-refractivity contribution in [3.05, 3.63) is 65.7 Å². The molecule has 2 nitrogen and oxygen atoms in total. The largest absolute Gasteiger partial charge is 0.295 e. The lowest BCUT2D eigenvalue weighted by atomic mass is 10.1. The first-order valence-electron chi connectivity index (χ1n) is 6.31. The van der Waals surface area contributed by atoms with Gasteiger partial charge in [-0.15, -0.1) is 11.8 Å². The van der Waals surface area contributed by atoms with Crippen LogP contribution in [0.15, 0.2) is 54.6 Å². The molecule has 1 amide bonds. The molecule has 0 spiro atoms. The first kappa shape index (κ1) is 12.3. The number of thioether (sulfide) groups is 1. The number of hydrogen-bond acceptors (Lipinski definition) is 2. The molecule has 3 rings (SSSR count). The first-order valence-corrected chi connectivity index (χ1v) is 7.36. The molecule has 19 heavy (non-hydrogen) atoms. The highest BCUT2D eigenvalue weighted by Crippen LogP contribution is 2.41. The fourth-order valence-corrected chi connectivity index (χ4v) is 3.53. The van der Waals surface area contributed by atoms with E-state index in [4.69, 9.17) is 0 Å². The molecule has 1 heterocycles. The predicted octanol–water partition coefficient (Wildman–Crippen LogP) is 3.77. The van der Waals surface area contributed by atoms with Gasteiger partial charge < -0.3 is 0 Å². The van der Waals surface area contributed by atoms with Crippen LogP contribution in [0.3, 0.4) is 0 Å². The van der Waals surface area contributed by atoms with Crippen molar-refractivity contribution in [1.29, 1.82) is 0 Å². The zero-order valence-corrected chi connectivity index (χ0v) is 11.6. The topological polar surface area (TPSA) is 20.3 Å². The van der Waals surface area contributed by atoms with Gasteiger partial charge in [-0.1, -0.05) is 48.0 Å². The maximum absolute atomic E-state index is 12.1. The van der Waals surface area contributed by atoms with Gasteiger partial charge in [-0.2, -0.15) is 0 Å². The van der Waals surface area contributed by atoms with Crippen LogP contribution >= 0.6 is 11.8 Å². The Kier molecular flexibility index (Phi) is 3.30. The van der Waals surface area contributed by atoms with Crippen LogP contribution in [0.2, 0.25) is 0 Å². The molecule has 1 aliphatic heterocycles. The van der Waals surface area contributed by atoms with E-state index in [1.165, 1.54) is 11.1 Å². The molecule has 1 unspecified atom stereocenters. The molecule has 0 radical (unpaired) electrons. The molecule has 2 aromatic rings. The lowest BCUT2D eigenvalue weighted by Crippen LogP contribution is -2.27. The van der Waals surface area contributed by atoms with E-state index in [1.807, 2.05) is 35.2 Å². The number of hydrogen-bond donors (Lipinski definition) is 0. The first-order chi connectivity index (χ1) is 9.25. The Morgan fingerprint density at radius 3 is 2.63 bits per heavy atom. The van der Waals surface area contributed by atoms with Crippen LogP contribution in [-0.2, 0) is 4.79 Å². The van der Waals surface area contributed by atoms with Gasteiger partial charge in [0.2, 0.25) is 5.91 Å². The molecule has 1 fully saturated rings. The summed E-state index contributed by atoms with van der Waals surface area (Å²) in [5.74, 6) is 0.732. The molecular formula is C16H15NOS. The summed E-state index contributed by atoms with van der Waals surface area (Å²) in [6.07, 6.45) is 0. The van der Waals surface area contributed by atoms with E-state index in [1.54, 1.807) is 11.8 Å². The van der Waals surface area contributed by atoms with Crippen LogP contribution in [0.1, 0.15) is 16.5 Å². The number of amides is 1. The van der Waals surface area contributed by atoms with Gasteiger partial charge in [0.15, 0.2) is 0 Å². The van der Waals surface area contributed by atoms with E-state index >= 15 is 0 Å². The van der Waals surface area contributed by atoms with Crippen LogP contribution < -0.4 is 4.90 Å². The van der Waals surface area contributed by atoms with E-state index in [2.05, 4.69) is 31.2 Å². The van der Waals surface area contributed by atoms with Crippen LogP contribution in [-0.4, -0.2) is 11.7 Å². The number of carbonyl (C=O) groups excluding carboxylic acids is 1. The predicted molar refractivity (Wildman–Crippen MR) is 80.3 cm³/mol. The number of benzene rings is 2. The van der Waals surface area contributed by atoms with Gasteiger partial charge in [-0.3, -0.25) is 9.69 Å². The third kappa shape index (κ3) is 2.38. The summed E-state index contributed by atoms with van der Waals surface area (Å²) in [5, 5.41) is 0.0924.